The number of pyridine rings is 1. The van der Waals surface area contributed by atoms with Crippen LogP contribution >= 0.6 is 0 Å². The van der Waals surface area contributed by atoms with Gasteiger partial charge in [0, 0.05) is 42.3 Å². The molecule has 4 heterocycles. The summed E-state index contributed by atoms with van der Waals surface area (Å²) in [6.45, 7) is 8.52. The van der Waals surface area contributed by atoms with Crippen LogP contribution in [0.2, 0.25) is 0 Å². The number of carbonyl (C=O) groups is 1. The molecule has 1 N–H and O–H groups in total. The first kappa shape index (κ1) is 30.1. The van der Waals surface area contributed by atoms with Crippen molar-refractivity contribution >= 4 is 27.8 Å². The predicted octanol–water partition coefficient (Wildman–Crippen LogP) is 4.60. The van der Waals surface area contributed by atoms with Crippen LogP contribution in [0.25, 0.3) is 21.9 Å². The molecule has 2 aromatic carbocycles. The Morgan fingerprint density at radius 3 is 2.62 bits per heavy atom. The number of amides is 1. The van der Waals surface area contributed by atoms with Gasteiger partial charge in [0.15, 0.2) is 11.6 Å². The highest BCUT2D eigenvalue weighted by Gasteiger charge is 2.25. The molecule has 1 aliphatic heterocycles. The molecule has 11 heteroatoms. The lowest BCUT2D eigenvalue weighted by molar-refractivity contribution is 0.0956. The highest BCUT2D eigenvalue weighted by Crippen LogP contribution is 2.33. The SMILES string of the molecule is Cc1nc2cnc3ccc(C#CCNC(=O)c4ccnn(Cc5ccc(F)c(F)c5)c4=O)cc3c2n1C1CCN(C(C)C)CC1. The van der Waals surface area contributed by atoms with Gasteiger partial charge in [-0.05, 0) is 75.6 Å². The average molecular weight is 610 g/mol. The lowest BCUT2D eigenvalue weighted by atomic mass is 10.0. The third-order valence-electron chi connectivity index (χ3n) is 8.33. The minimum Gasteiger partial charge on any atom is -0.341 e. The largest absolute Gasteiger partial charge is 0.341 e. The summed E-state index contributed by atoms with van der Waals surface area (Å²) in [6, 6.07) is 11.4. The number of halogens is 2. The van der Waals surface area contributed by atoms with E-state index in [-0.39, 0.29) is 18.7 Å². The second-order valence-electron chi connectivity index (χ2n) is 11.6. The van der Waals surface area contributed by atoms with Crippen molar-refractivity contribution in [2.24, 2.45) is 0 Å². The number of imidazole rings is 1. The molecule has 1 aliphatic rings. The van der Waals surface area contributed by atoms with E-state index < -0.39 is 23.1 Å². The molecule has 0 bridgehead atoms. The van der Waals surface area contributed by atoms with Crippen LogP contribution in [0.4, 0.5) is 8.78 Å². The number of rotatable bonds is 6. The highest BCUT2D eigenvalue weighted by atomic mass is 19.2. The first-order valence-electron chi connectivity index (χ1n) is 15.0. The van der Waals surface area contributed by atoms with Crippen LogP contribution in [0.5, 0.6) is 0 Å². The molecule has 0 saturated carbocycles. The third kappa shape index (κ3) is 6.19. The third-order valence-corrected chi connectivity index (χ3v) is 8.33. The number of benzene rings is 2. The molecule has 230 valence electrons. The van der Waals surface area contributed by atoms with E-state index in [1.54, 1.807) is 0 Å². The molecule has 0 unspecified atom stereocenters. The van der Waals surface area contributed by atoms with Crippen molar-refractivity contribution in [2.75, 3.05) is 19.6 Å². The van der Waals surface area contributed by atoms with E-state index in [0.717, 1.165) is 76.1 Å². The average Bonchev–Trinajstić information content (AvgIpc) is 3.38. The van der Waals surface area contributed by atoms with Gasteiger partial charge < -0.3 is 14.8 Å². The van der Waals surface area contributed by atoms with Crippen LogP contribution in [-0.2, 0) is 6.54 Å². The van der Waals surface area contributed by atoms with E-state index in [9.17, 15) is 18.4 Å². The molecule has 1 amide bonds. The van der Waals surface area contributed by atoms with Gasteiger partial charge in [-0.25, -0.2) is 18.4 Å². The Hall–Kier alpha value is -4.95. The van der Waals surface area contributed by atoms with Gasteiger partial charge in [-0.1, -0.05) is 17.9 Å². The summed E-state index contributed by atoms with van der Waals surface area (Å²) in [7, 11) is 0. The second kappa shape index (κ2) is 12.6. The standard InChI is InChI=1S/C34H33F2N7O2/c1-21(2)41-15-11-25(12-16-41)43-22(3)40-31-19-38-30-9-7-23(17-27(30)32(31)43)5-4-13-37-33(44)26-10-14-39-42(34(26)45)20-24-6-8-28(35)29(36)18-24/h6-10,14,17-19,21,25H,11-13,15-16,20H2,1-3H3,(H,37,44). The zero-order valence-electron chi connectivity index (χ0n) is 25.3. The number of hydrogen-bond donors (Lipinski definition) is 1. The van der Waals surface area contributed by atoms with Crippen LogP contribution in [0.1, 0.15) is 60.0 Å². The Morgan fingerprint density at radius 2 is 1.87 bits per heavy atom. The molecule has 1 fully saturated rings. The van der Waals surface area contributed by atoms with Crippen LogP contribution in [-0.4, -0.2) is 60.8 Å². The summed E-state index contributed by atoms with van der Waals surface area (Å²) >= 11 is 0. The van der Waals surface area contributed by atoms with Crippen molar-refractivity contribution in [3.8, 4) is 11.8 Å². The van der Waals surface area contributed by atoms with Crippen LogP contribution < -0.4 is 10.9 Å². The Labute approximate surface area is 258 Å². The number of aryl methyl sites for hydroxylation is 1. The Morgan fingerprint density at radius 1 is 1.07 bits per heavy atom. The molecule has 0 radical (unpaired) electrons. The number of piperidine rings is 1. The molecular weight excluding hydrogens is 576 g/mol. The van der Waals surface area contributed by atoms with E-state index in [2.05, 4.69) is 50.6 Å². The van der Waals surface area contributed by atoms with Gasteiger partial charge >= 0.3 is 0 Å². The normalized spacial score (nSPS) is 14.2. The Balaban J connectivity index is 1.18. The van der Waals surface area contributed by atoms with E-state index in [1.807, 2.05) is 31.3 Å². The van der Waals surface area contributed by atoms with Crippen molar-refractivity contribution < 1.29 is 13.6 Å². The number of nitrogens with one attached hydrogen (secondary N) is 1. The number of likely N-dealkylation sites (tertiary alicyclic amines) is 1. The van der Waals surface area contributed by atoms with Crippen molar-refractivity contribution in [3.63, 3.8) is 0 Å². The van der Waals surface area contributed by atoms with E-state index in [0.29, 0.717) is 17.6 Å². The Bertz CT molecular complexity index is 2030. The van der Waals surface area contributed by atoms with E-state index in [4.69, 9.17) is 4.98 Å². The van der Waals surface area contributed by atoms with Crippen LogP contribution in [0.3, 0.4) is 0 Å². The maximum absolute atomic E-state index is 13.6. The van der Waals surface area contributed by atoms with E-state index in [1.165, 1.54) is 18.3 Å². The summed E-state index contributed by atoms with van der Waals surface area (Å²) in [6.07, 6.45) is 5.25. The van der Waals surface area contributed by atoms with Crippen LogP contribution in [0.15, 0.2) is 59.7 Å². The quantitative estimate of drug-likeness (QED) is 0.283. The molecule has 9 nitrogen and oxygen atoms in total. The van der Waals surface area contributed by atoms with Gasteiger partial charge in [-0.15, -0.1) is 0 Å². The molecule has 5 aromatic rings. The molecule has 1 saturated heterocycles. The first-order chi connectivity index (χ1) is 21.7. The Kier molecular flexibility index (Phi) is 8.41. The second-order valence-corrected chi connectivity index (χ2v) is 11.6. The molecule has 45 heavy (non-hydrogen) atoms. The number of fused-ring (bicyclic) bond motifs is 3. The monoisotopic (exact) mass is 609 g/mol. The maximum Gasteiger partial charge on any atom is 0.279 e. The maximum atomic E-state index is 13.6. The van der Waals surface area contributed by atoms with Crippen molar-refractivity contribution in [1.82, 2.24) is 34.5 Å². The van der Waals surface area contributed by atoms with Crippen molar-refractivity contribution in [2.45, 2.75) is 52.2 Å². The zero-order chi connectivity index (χ0) is 31.7. The summed E-state index contributed by atoms with van der Waals surface area (Å²) in [5.74, 6) is 4.43. The molecule has 0 aliphatic carbocycles. The predicted molar refractivity (Wildman–Crippen MR) is 168 cm³/mol. The lowest BCUT2D eigenvalue weighted by Gasteiger charge is -2.35. The number of hydrogen-bond acceptors (Lipinski definition) is 6. The highest BCUT2D eigenvalue weighted by molar-refractivity contribution is 6.03. The van der Waals surface area contributed by atoms with Gasteiger partial charge in [-0.3, -0.25) is 14.6 Å². The summed E-state index contributed by atoms with van der Waals surface area (Å²) in [4.78, 5) is 37.6. The fraction of sp³-hybridized carbons (Fsp3) is 0.324. The number of aromatic nitrogens is 5. The zero-order valence-corrected chi connectivity index (χ0v) is 25.3. The van der Waals surface area contributed by atoms with Gasteiger partial charge in [0.05, 0.1) is 30.3 Å². The van der Waals surface area contributed by atoms with Crippen molar-refractivity contribution in [1.29, 1.82) is 0 Å². The summed E-state index contributed by atoms with van der Waals surface area (Å²) < 4.78 is 30.2. The van der Waals surface area contributed by atoms with Crippen LogP contribution in [0, 0.1) is 30.4 Å². The summed E-state index contributed by atoms with van der Waals surface area (Å²) in [5.41, 5.74) is 3.11. The molecule has 0 atom stereocenters. The number of nitrogens with zero attached hydrogens (tertiary/aromatic N) is 6. The van der Waals surface area contributed by atoms with Gasteiger partial charge in [0.1, 0.15) is 16.9 Å². The van der Waals surface area contributed by atoms with Gasteiger partial charge in [-0.2, -0.15) is 5.10 Å². The van der Waals surface area contributed by atoms with Gasteiger partial charge in [0.25, 0.3) is 11.5 Å². The molecule has 0 spiro atoms. The van der Waals surface area contributed by atoms with E-state index >= 15 is 0 Å². The first-order valence-corrected chi connectivity index (χ1v) is 15.0. The molecule has 3 aromatic heterocycles. The summed E-state index contributed by atoms with van der Waals surface area (Å²) in [5, 5.41) is 7.60. The fourth-order valence-electron chi connectivity index (χ4n) is 5.99. The smallest absolute Gasteiger partial charge is 0.279 e. The minimum absolute atomic E-state index is 0.00965. The van der Waals surface area contributed by atoms with Crippen molar-refractivity contribution in [3.05, 3.63) is 99.4 Å². The lowest BCUT2D eigenvalue weighted by Crippen LogP contribution is -2.39. The van der Waals surface area contributed by atoms with Gasteiger partial charge in [0.2, 0.25) is 0 Å². The number of carbonyl (C=O) groups excluding carboxylic acids is 1. The topological polar surface area (TPSA) is 97.9 Å². The molecule has 6 rings (SSSR count). The fourth-order valence-corrected chi connectivity index (χ4v) is 5.99. The minimum atomic E-state index is -1.02. The molecular formula is C34H33F2N7O2.